The van der Waals surface area contributed by atoms with Crippen molar-refractivity contribution >= 4 is 35.2 Å². The average Bonchev–Trinajstić information content (AvgIpc) is 2.29. The van der Waals surface area contributed by atoms with Crippen LogP contribution in [0.4, 0.5) is 0 Å². The number of hydrogen-bond acceptors (Lipinski definition) is 4. The first-order valence-electron chi connectivity index (χ1n) is 4.79. The predicted molar refractivity (Wildman–Crippen MR) is 68.8 cm³/mol. The Balaban J connectivity index is 2.47. The number of rotatable bonds is 3. The van der Waals surface area contributed by atoms with Gasteiger partial charge in [-0.15, -0.1) is 0 Å². The van der Waals surface area contributed by atoms with Gasteiger partial charge in [0.2, 0.25) is 11.7 Å². The molecule has 88 valence electrons. The molecular formula is C11H11N3O2S. The molecule has 1 aromatic carbocycles. The third kappa shape index (κ3) is 4.98. The maximum atomic E-state index is 11.5. The molecule has 0 atom stereocenters. The fourth-order valence-corrected chi connectivity index (χ4v) is 1.21. The highest BCUT2D eigenvalue weighted by Gasteiger charge is 2.00. The molecule has 0 radical (unpaired) electrons. The number of ketones is 1. The van der Waals surface area contributed by atoms with E-state index in [1.165, 1.54) is 6.92 Å². The lowest BCUT2D eigenvalue weighted by atomic mass is 10.1. The second-order valence-corrected chi connectivity index (χ2v) is 3.52. The number of carbonyl (C=O) groups is 2. The number of amides is 1. The summed E-state index contributed by atoms with van der Waals surface area (Å²) in [6.07, 6.45) is 1.10. The van der Waals surface area contributed by atoms with Crippen molar-refractivity contribution in [3.05, 3.63) is 35.9 Å². The number of Topliss-reactive ketones (excluding diaryl/α,β-unsaturated/α-hetero) is 1. The summed E-state index contributed by atoms with van der Waals surface area (Å²) in [7, 11) is 0. The van der Waals surface area contributed by atoms with Crippen LogP contribution < -0.4 is 10.7 Å². The Morgan fingerprint density at radius 3 is 2.53 bits per heavy atom. The molecule has 6 heteroatoms. The minimum absolute atomic E-state index is 0.0506. The highest BCUT2D eigenvalue weighted by Crippen LogP contribution is 1.97. The molecule has 2 N–H and O–H groups in total. The first-order valence-corrected chi connectivity index (χ1v) is 5.20. The number of thiocarbonyl (C=S) groups is 1. The van der Waals surface area contributed by atoms with Gasteiger partial charge in [-0.1, -0.05) is 30.3 Å². The summed E-state index contributed by atoms with van der Waals surface area (Å²) in [6, 6.07) is 8.70. The number of hydrogen-bond donors (Lipinski definition) is 2. The van der Waals surface area contributed by atoms with Crippen LogP contribution in [0.15, 0.2) is 35.4 Å². The van der Waals surface area contributed by atoms with Crippen LogP contribution in [0.1, 0.15) is 17.3 Å². The van der Waals surface area contributed by atoms with Gasteiger partial charge < -0.3 is 5.32 Å². The largest absolute Gasteiger partial charge is 0.302 e. The van der Waals surface area contributed by atoms with Gasteiger partial charge in [0.15, 0.2) is 5.11 Å². The topological polar surface area (TPSA) is 70.6 Å². The van der Waals surface area contributed by atoms with E-state index >= 15 is 0 Å². The maximum Gasteiger partial charge on any atom is 0.223 e. The van der Waals surface area contributed by atoms with Crippen LogP contribution >= 0.6 is 12.2 Å². The quantitative estimate of drug-likeness (QED) is 0.361. The van der Waals surface area contributed by atoms with Crippen LogP contribution in [0.25, 0.3) is 0 Å². The van der Waals surface area contributed by atoms with E-state index in [4.69, 9.17) is 12.2 Å². The Hall–Kier alpha value is -2.08. The number of benzene rings is 1. The molecule has 0 fully saturated rings. The molecule has 17 heavy (non-hydrogen) atoms. The Morgan fingerprint density at radius 1 is 1.29 bits per heavy atom. The normalized spacial score (nSPS) is 9.94. The molecule has 0 spiro atoms. The second kappa shape index (κ2) is 6.49. The van der Waals surface area contributed by atoms with E-state index < -0.39 is 0 Å². The first kappa shape index (κ1) is 13.0. The molecule has 0 saturated carbocycles. The van der Waals surface area contributed by atoms with Crippen molar-refractivity contribution in [3.63, 3.8) is 0 Å². The van der Waals surface area contributed by atoms with Gasteiger partial charge >= 0.3 is 0 Å². The number of hydrazone groups is 1. The zero-order chi connectivity index (χ0) is 12.7. The standard InChI is InChI=1S/C11H11N3O2S/c1-8(15)13-11(17)14-12-7-10(16)9-5-3-2-4-6-9/h2-7H,1H3,(H2,13,14,15,17)/b12-7+. The predicted octanol–water partition coefficient (Wildman–Crippen LogP) is 0.866. The summed E-state index contributed by atoms with van der Waals surface area (Å²) in [5.41, 5.74) is 2.89. The van der Waals surface area contributed by atoms with Gasteiger partial charge in [-0.25, -0.2) is 0 Å². The summed E-state index contributed by atoms with van der Waals surface area (Å²) in [6.45, 7) is 1.33. The fraction of sp³-hybridized carbons (Fsp3) is 0.0909. The Morgan fingerprint density at radius 2 is 1.94 bits per heavy atom. The van der Waals surface area contributed by atoms with Gasteiger partial charge in [-0.3, -0.25) is 15.0 Å². The lowest BCUT2D eigenvalue weighted by Crippen LogP contribution is -2.35. The van der Waals surface area contributed by atoms with Crippen molar-refractivity contribution in [3.8, 4) is 0 Å². The van der Waals surface area contributed by atoms with Gasteiger partial charge in [-0.05, 0) is 12.2 Å². The Bertz CT molecular complexity index is 457. The van der Waals surface area contributed by atoms with Crippen LogP contribution in [0, 0.1) is 0 Å². The van der Waals surface area contributed by atoms with Gasteiger partial charge in [-0.2, -0.15) is 5.10 Å². The lowest BCUT2D eigenvalue weighted by molar-refractivity contribution is -0.117. The second-order valence-electron chi connectivity index (χ2n) is 3.11. The molecule has 0 aliphatic carbocycles. The summed E-state index contributed by atoms with van der Waals surface area (Å²) in [5, 5.41) is 5.98. The van der Waals surface area contributed by atoms with E-state index in [-0.39, 0.29) is 16.8 Å². The number of nitrogens with zero attached hydrogens (tertiary/aromatic N) is 1. The smallest absolute Gasteiger partial charge is 0.223 e. The van der Waals surface area contributed by atoms with Gasteiger partial charge in [0.05, 0.1) is 6.21 Å². The van der Waals surface area contributed by atoms with Crippen LogP contribution in [0.3, 0.4) is 0 Å². The van der Waals surface area contributed by atoms with E-state index in [1.54, 1.807) is 24.3 Å². The van der Waals surface area contributed by atoms with E-state index in [1.807, 2.05) is 6.07 Å². The highest BCUT2D eigenvalue weighted by molar-refractivity contribution is 7.80. The van der Waals surface area contributed by atoms with Gasteiger partial charge in [0.1, 0.15) is 0 Å². The molecule has 0 aliphatic rings. The third-order valence-electron chi connectivity index (χ3n) is 1.70. The number of carbonyl (C=O) groups excluding carboxylic acids is 2. The molecular weight excluding hydrogens is 238 g/mol. The SMILES string of the molecule is CC(=O)NC(=S)N/N=C/C(=O)c1ccccc1. The van der Waals surface area contributed by atoms with Crippen molar-refractivity contribution in [2.75, 3.05) is 0 Å². The van der Waals surface area contributed by atoms with E-state index in [9.17, 15) is 9.59 Å². The molecule has 0 aromatic heterocycles. The minimum atomic E-state index is -0.299. The summed E-state index contributed by atoms with van der Waals surface area (Å²) in [4.78, 5) is 22.1. The van der Waals surface area contributed by atoms with Gasteiger partial charge in [0.25, 0.3) is 0 Å². The summed E-state index contributed by atoms with van der Waals surface area (Å²) in [5.74, 6) is -0.546. The van der Waals surface area contributed by atoms with E-state index in [0.29, 0.717) is 5.56 Å². The van der Waals surface area contributed by atoms with Crippen molar-refractivity contribution in [1.29, 1.82) is 0 Å². The van der Waals surface area contributed by atoms with Crippen LogP contribution in [0.2, 0.25) is 0 Å². The van der Waals surface area contributed by atoms with Crippen molar-refractivity contribution in [1.82, 2.24) is 10.7 Å². The molecule has 0 heterocycles. The summed E-state index contributed by atoms with van der Waals surface area (Å²) >= 11 is 4.73. The molecule has 0 unspecified atom stereocenters. The molecule has 5 nitrogen and oxygen atoms in total. The Labute approximate surface area is 104 Å². The lowest BCUT2D eigenvalue weighted by Gasteiger charge is -2.01. The minimum Gasteiger partial charge on any atom is -0.302 e. The number of nitrogens with one attached hydrogen (secondary N) is 2. The molecule has 0 saturated heterocycles. The first-order chi connectivity index (χ1) is 8.09. The third-order valence-corrected chi connectivity index (χ3v) is 1.89. The van der Waals surface area contributed by atoms with Crippen molar-refractivity contribution in [2.24, 2.45) is 5.10 Å². The monoisotopic (exact) mass is 249 g/mol. The van der Waals surface area contributed by atoms with E-state index in [2.05, 4.69) is 15.8 Å². The zero-order valence-electron chi connectivity index (χ0n) is 9.14. The average molecular weight is 249 g/mol. The Kier molecular flexibility index (Phi) is 4.96. The van der Waals surface area contributed by atoms with Crippen molar-refractivity contribution in [2.45, 2.75) is 6.92 Å². The maximum absolute atomic E-state index is 11.5. The molecule has 1 amide bonds. The van der Waals surface area contributed by atoms with Crippen LogP contribution in [-0.2, 0) is 4.79 Å². The van der Waals surface area contributed by atoms with E-state index in [0.717, 1.165) is 6.21 Å². The molecule has 0 bridgehead atoms. The van der Waals surface area contributed by atoms with Crippen LogP contribution in [-0.4, -0.2) is 23.0 Å². The summed E-state index contributed by atoms with van der Waals surface area (Å²) < 4.78 is 0. The molecule has 1 rings (SSSR count). The van der Waals surface area contributed by atoms with Crippen molar-refractivity contribution < 1.29 is 9.59 Å². The molecule has 1 aromatic rings. The van der Waals surface area contributed by atoms with Crippen LogP contribution in [0.5, 0.6) is 0 Å². The van der Waals surface area contributed by atoms with Gasteiger partial charge in [0, 0.05) is 12.5 Å². The highest BCUT2D eigenvalue weighted by atomic mass is 32.1. The fourth-order valence-electron chi connectivity index (χ4n) is 1.01. The zero-order valence-corrected chi connectivity index (χ0v) is 9.95. The molecule has 0 aliphatic heterocycles.